The van der Waals surface area contributed by atoms with Crippen molar-refractivity contribution >= 4 is 50.4 Å². The molecule has 0 bridgehead atoms. The van der Waals surface area contributed by atoms with Crippen molar-refractivity contribution in [3.05, 3.63) is 55.3 Å². The van der Waals surface area contributed by atoms with E-state index in [0.717, 1.165) is 10.3 Å². The second kappa shape index (κ2) is 15.8. The number of fused-ring (bicyclic) bond motifs is 1. The molecule has 2 aliphatic carbocycles. The van der Waals surface area contributed by atoms with Crippen LogP contribution in [0.15, 0.2) is 55.3 Å². The lowest BCUT2D eigenvalue weighted by molar-refractivity contribution is -0.144. The van der Waals surface area contributed by atoms with E-state index in [9.17, 15) is 37.5 Å². The first-order valence-electron chi connectivity index (χ1n) is 18.1. The van der Waals surface area contributed by atoms with Gasteiger partial charge in [0.2, 0.25) is 27.7 Å². The minimum absolute atomic E-state index is 0.0733. The number of pyridine rings is 1. The molecule has 15 nitrogen and oxygen atoms in total. The number of carbonyl (C=O) groups excluding carboxylic acids is 4. The predicted molar refractivity (Wildman–Crippen MR) is 199 cm³/mol. The molecule has 4 amide bonds. The highest BCUT2D eigenvalue weighted by Crippen LogP contribution is 2.45. The second-order valence-electron chi connectivity index (χ2n) is 15.0. The second-order valence-corrected chi connectivity index (χ2v) is 17.0. The Morgan fingerprint density at radius 1 is 1.19 bits per heavy atom. The molecule has 54 heavy (non-hydrogen) atoms. The van der Waals surface area contributed by atoms with Gasteiger partial charge in [0.05, 0.1) is 18.9 Å². The number of ether oxygens (including phenoxy) is 2. The average molecular weight is 768 g/mol. The van der Waals surface area contributed by atoms with Crippen LogP contribution < -0.4 is 19.5 Å². The number of nitrogens with one attached hydrogen (secondary N) is 2. The summed E-state index contributed by atoms with van der Waals surface area (Å²) in [4.78, 5) is 74.7. The van der Waals surface area contributed by atoms with Crippen molar-refractivity contribution in [2.75, 3.05) is 13.7 Å². The molecule has 3 aliphatic rings. The van der Waals surface area contributed by atoms with E-state index in [1.807, 2.05) is 6.92 Å². The normalized spacial score (nSPS) is 23.1. The van der Waals surface area contributed by atoms with E-state index in [4.69, 9.17) is 9.47 Å². The third kappa shape index (κ3) is 8.69. The minimum atomic E-state index is -3.95. The van der Waals surface area contributed by atoms with E-state index in [0.29, 0.717) is 30.4 Å². The summed E-state index contributed by atoms with van der Waals surface area (Å²) in [5.74, 6) is -2.40. The van der Waals surface area contributed by atoms with Crippen LogP contribution in [-0.2, 0) is 29.2 Å². The van der Waals surface area contributed by atoms with E-state index in [1.165, 1.54) is 17.1 Å². The lowest BCUT2D eigenvalue weighted by Gasteiger charge is -2.41. The van der Waals surface area contributed by atoms with Gasteiger partial charge in [0, 0.05) is 35.9 Å². The van der Waals surface area contributed by atoms with E-state index >= 15 is 0 Å². The first-order chi connectivity index (χ1) is 25.4. The van der Waals surface area contributed by atoms with Gasteiger partial charge in [-0.25, -0.2) is 18.2 Å². The number of likely N-dealkylation sites (tertiary alicyclic amines) is 1. The molecule has 292 valence electrons. The molecule has 2 heterocycles. The van der Waals surface area contributed by atoms with Gasteiger partial charge in [0.1, 0.15) is 29.5 Å². The molecule has 2 saturated carbocycles. The van der Waals surface area contributed by atoms with Gasteiger partial charge in [-0.1, -0.05) is 19.1 Å². The summed E-state index contributed by atoms with van der Waals surface area (Å²) in [5.41, 5.74) is -2.71. The fourth-order valence-corrected chi connectivity index (χ4v) is 8.32. The molecule has 1 aliphatic heterocycles. The highest BCUT2D eigenvalue weighted by Gasteiger charge is 2.62. The van der Waals surface area contributed by atoms with Crippen LogP contribution in [0, 0.1) is 5.92 Å². The molecule has 1 saturated heterocycles. The smallest absolute Gasteiger partial charge is 0.408 e. The van der Waals surface area contributed by atoms with Crippen LogP contribution in [-0.4, -0.2) is 106 Å². The van der Waals surface area contributed by atoms with E-state index in [2.05, 4.69) is 21.6 Å². The van der Waals surface area contributed by atoms with Gasteiger partial charge in [-0.05, 0) is 88.6 Å². The topological polar surface area (TPSA) is 202 Å². The summed E-state index contributed by atoms with van der Waals surface area (Å²) >= 11 is 0. The molecule has 1 aromatic carbocycles. The number of methoxy groups -OCH3 is 1. The average Bonchev–Trinajstić information content (AvgIpc) is 4.04. The summed E-state index contributed by atoms with van der Waals surface area (Å²) in [6, 6.07) is 4.45. The first-order valence-corrected chi connectivity index (χ1v) is 19.6. The number of allylic oxidation sites excluding steroid dienone is 2. The Bertz CT molecular complexity index is 1960. The molecular formula is C38H49N5O10S. The Balaban J connectivity index is 1.49. The summed E-state index contributed by atoms with van der Waals surface area (Å²) in [7, 11) is -2.40. The first kappa shape index (κ1) is 40.2. The monoisotopic (exact) mass is 767 g/mol. The number of hydrogen-bond donors (Lipinski definition) is 3. The molecule has 1 aromatic heterocycles. The van der Waals surface area contributed by atoms with E-state index < -0.39 is 74.3 Å². The zero-order valence-corrected chi connectivity index (χ0v) is 32.1. The third-order valence-corrected chi connectivity index (χ3v) is 11.9. The highest BCUT2D eigenvalue weighted by molar-refractivity contribution is 7.91. The molecule has 2 aromatic rings. The van der Waals surface area contributed by atoms with Crippen molar-refractivity contribution < 1.29 is 47.0 Å². The standard InChI is InChI=1S/C38H49N5O10S/c1-7-9-10-25(44)11-16-30(43(36(48)49)37(3,4)5)34(46)42-22-27(53-33-29-15-12-26(52-6)19-23(29)17-18-39-33)20-31(42)32(45)40-38(21-24(38)8-2)35(47)41-54(50,51)28-13-14-28/h8-10,12,15,17-19,24,27-28,30-31H,2,7,11,13-14,16,20-22H2,1,3-6H3,(H,40,45)(H,41,47)(H,48,49)/t24-,27-,30+,31+,38-/m1/s1. The van der Waals surface area contributed by atoms with E-state index in [1.54, 1.807) is 64.4 Å². The minimum Gasteiger partial charge on any atom is -0.497 e. The fourth-order valence-electron chi connectivity index (χ4n) is 6.95. The van der Waals surface area contributed by atoms with Gasteiger partial charge in [0.15, 0.2) is 5.78 Å². The van der Waals surface area contributed by atoms with Crippen LogP contribution >= 0.6 is 0 Å². The number of nitrogens with zero attached hydrogens (tertiary/aromatic N) is 3. The van der Waals surface area contributed by atoms with Crippen molar-refractivity contribution in [1.82, 2.24) is 24.8 Å². The Morgan fingerprint density at radius 3 is 2.50 bits per heavy atom. The summed E-state index contributed by atoms with van der Waals surface area (Å²) in [6.07, 6.45) is 5.05. The molecule has 0 unspecified atom stereocenters. The number of amides is 4. The van der Waals surface area contributed by atoms with Gasteiger partial charge < -0.3 is 24.8 Å². The molecule has 3 fully saturated rings. The third-order valence-electron chi connectivity index (χ3n) is 10.0. The molecular weight excluding hydrogens is 719 g/mol. The maximum atomic E-state index is 14.7. The largest absolute Gasteiger partial charge is 0.497 e. The van der Waals surface area contributed by atoms with Gasteiger partial charge in [-0.3, -0.25) is 28.8 Å². The maximum absolute atomic E-state index is 14.7. The molecule has 3 N–H and O–H groups in total. The van der Waals surface area contributed by atoms with Crippen LogP contribution in [0.25, 0.3) is 10.8 Å². The Morgan fingerprint density at radius 2 is 1.91 bits per heavy atom. The summed E-state index contributed by atoms with van der Waals surface area (Å²) in [5, 5.41) is 13.9. The molecule has 5 atom stereocenters. The quantitative estimate of drug-likeness (QED) is 0.166. The molecule has 0 spiro atoms. The Hall–Kier alpha value is -4.99. The fraction of sp³-hybridized carbons (Fsp3) is 0.526. The SMILES string of the molecule is C=C[C@@H]1C[C@]1(NC(=O)[C@@H]1C[C@@H](Oc2nccc3cc(OC)ccc23)CN1C(=O)[C@H](CCC(=O)C=CCC)N(C(=O)O)C(C)(C)C)C(=O)NS(=O)(=O)C1CC1. The number of benzene rings is 1. The molecule has 5 rings (SSSR count). The van der Waals surface area contributed by atoms with Crippen molar-refractivity contribution in [2.24, 2.45) is 5.92 Å². The Kier molecular flexibility index (Phi) is 11.7. The zero-order valence-electron chi connectivity index (χ0n) is 31.2. The highest BCUT2D eigenvalue weighted by atomic mass is 32.2. The molecule has 16 heteroatoms. The van der Waals surface area contributed by atoms with Crippen LogP contribution in [0.5, 0.6) is 11.6 Å². The lowest BCUT2D eigenvalue weighted by atomic mass is 9.98. The predicted octanol–water partition coefficient (Wildman–Crippen LogP) is 3.72. The van der Waals surface area contributed by atoms with Crippen LogP contribution in [0.2, 0.25) is 0 Å². The maximum Gasteiger partial charge on any atom is 0.408 e. The number of rotatable bonds is 16. The van der Waals surface area contributed by atoms with Crippen molar-refractivity contribution in [3.63, 3.8) is 0 Å². The van der Waals surface area contributed by atoms with Crippen molar-refractivity contribution in [2.45, 2.75) is 107 Å². The van der Waals surface area contributed by atoms with Crippen LogP contribution in [0.1, 0.15) is 72.6 Å². The van der Waals surface area contributed by atoms with Crippen LogP contribution in [0.4, 0.5) is 4.79 Å². The number of carboxylic acid groups (broad SMARTS) is 1. The van der Waals surface area contributed by atoms with Gasteiger partial charge >= 0.3 is 6.09 Å². The summed E-state index contributed by atoms with van der Waals surface area (Å²) in [6.45, 7) is 10.3. The number of aromatic nitrogens is 1. The number of ketones is 1. The molecule has 0 radical (unpaired) electrons. The van der Waals surface area contributed by atoms with Gasteiger partial charge in [0.25, 0.3) is 5.91 Å². The number of sulfonamides is 1. The lowest BCUT2D eigenvalue weighted by Crippen LogP contribution is -2.61. The van der Waals surface area contributed by atoms with Crippen molar-refractivity contribution in [3.8, 4) is 11.6 Å². The zero-order chi connectivity index (χ0) is 39.6. The van der Waals surface area contributed by atoms with E-state index in [-0.39, 0.29) is 43.9 Å². The Labute approximate surface area is 315 Å². The van der Waals surface area contributed by atoms with Crippen LogP contribution in [0.3, 0.4) is 0 Å². The van der Waals surface area contributed by atoms with Crippen molar-refractivity contribution in [1.29, 1.82) is 0 Å². The number of hydrogen-bond acceptors (Lipinski definition) is 10. The van der Waals surface area contributed by atoms with Gasteiger partial charge in [-0.15, -0.1) is 6.58 Å². The van der Waals surface area contributed by atoms with Gasteiger partial charge in [-0.2, -0.15) is 0 Å². The number of carbonyl (C=O) groups is 5. The summed E-state index contributed by atoms with van der Waals surface area (Å²) < 4.78 is 39.2.